The summed E-state index contributed by atoms with van der Waals surface area (Å²) in [6.45, 7) is 10.2. The zero-order valence-corrected chi connectivity index (χ0v) is 23.3. The SMILES string of the molecule is CCCCCCCCc1ccc(OCCOCCOCCOCCOC(=O)C(CC)CCCC)cc1. The summed E-state index contributed by atoms with van der Waals surface area (Å²) in [5.74, 6) is 0.793. The van der Waals surface area contributed by atoms with E-state index in [4.69, 9.17) is 23.7 Å². The molecule has 0 aliphatic heterocycles. The largest absolute Gasteiger partial charge is 0.491 e. The van der Waals surface area contributed by atoms with Gasteiger partial charge in [-0.3, -0.25) is 4.79 Å². The van der Waals surface area contributed by atoms with Crippen LogP contribution < -0.4 is 4.74 Å². The lowest BCUT2D eigenvalue weighted by Gasteiger charge is -2.13. The van der Waals surface area contributed by atoms with Gasteiger partial charge in [0.25, 0.3) is 0 Å². The maximum absolute atomic E-state index is 12.0. The van der Waals surface area contributed by atoms with Crippen molar-refractivity contribution in [2.45, 2.75) is 91.4 Å². The molecule has 0 saturated heterocycles. The number of rotatable bonds is 25. The first kappa shape index (κ1) is 32.4. The Balaban J connectivity index is 1.89. The number of esters is 1. The molecule has 0 bridgehead atoms. The van der Waals surface area contributed by atoms with E-state index >= 15 is 0 Å². The van der Waals surface area contributed by atoms with Crippen molar-refractivity contribution < 1.29 is 28.5 Å². The first-order valence-electron chi connectivity index (χ1n) is 14.3. The van der Waals surface area contributed by atoms with Crippen molar-refractivity contribution >= 4 is 5.97 Å². The summed E-state index contributed by atoms with van der Waals surface area (Å²) in [7, 11) is 0. The van der Waals surface area contributed by atoms with E-state index in [9.17, 15) is 4.79 Å². The fourth-order valence-corrected chi connectivity index (χ4v) is 3.88. The van der Waals surface area contributed by atoms with Crippen molar-refractivity contribution in [1.29, 1.82) is 0 Å². The molecule has 6 nitrogen and oxygen atoms in total. The van der Waals surface area contributed by atoms with Crippen molar-refractivity contribution in [2.24, 2.45) is 5.92 Å². The van der Waals surface area contributed by atoms with Crippen molar-refractivity contribution in [2.75, 3.05) is 52.9 Å². The van der Waals surface area contributed by atoms with Crippen LogP contribution in [0.25, 0.3) is 0 Å². The molecule has 0 aromatic heterocycles. The average Bonchev–Trinajstić information content (AvgIpc) is 2.90. The normalized spacial score (nSPS) is 12.0. The molecule has 1 aromatic rings. The van der Waals surface area contributed by atoms with Crippen LogP contribution in [-0.4, -0.2) is 58.8 Å². The summed E-state index contributed by atoms with van der Waals surface area (Å²) >= 11 is 0. The van der Waals surface area contributed by atoms with Gasteiger partial charge >= 0.3 is 5.97 Å². The van der Waals surface area contributed by atoms with Crippen molar-refractivity contribution in [1.82, 2.24) is 0 Å². The van der Waals surface area contributed by atoms with Crippen LogP contribution in [0, 0.1) is 5.92 Å². The molecule has 0 radical (unpaired) electrons. The van der Waals surface area contributed by atoms with E-state index in [0.717, 1.165) is 37.9 Å². The number of ether oxygens (including phenoxy) is 5. The number of benzene rings is 1. The molecule has 0 saturated carbocycles. The zero-order valence-electron chi connectivity index (χ0n) is 23.3. The van der Waals surface area contributed by atoms with Crippen LogP contribution in [0.1, 0.15) is 90.5 Å². The Bertz CT molecular complexity index is 618. The third-order valence-electron chi connectivity index (χ3n) is 6.19. The molecule has 0 aliphatic rings. The van der Waals surface area contributed by atoms with Crippen LogP contribution in [0.15, 0.2) is 24.3 Å². The predicted molar refractivity (Wildman–Crippen MR) is 146 cm³/mol. The van der Waals surface area contributed by atoms with E-state index in [0.29, 0.717) is 52.9 Å². The van der Waals surface area contributed by atoms with Crippen LogP contribution >= 0.6 is 0 Å². The molecule has 0 heterocycles. The molecular weight excluding hydrogens is 456 g/mol. The maximum Gasteiger partial charge on any atom is 0.308 e. The summed E-state index contributed by atoms with van der Waals surface area (Å²) in [5.41, 5.74) is 1.38. The summed E-state index contributed by atoms with van der Waals surface area (Å²) in [6.07, 6.45) is 13.0. The second-order valence-electron chi connectivity index (χ2n) is 9.26. The highest BCUT2D eigenvalue weighted by molar-refractivity contribution is 5.72. The van der Waals surface area contributed by atoms with Crippen LogP contribution in [0.5, 0.6) is 5.75 Å². The summed E-state index contributed by atoms with van der Waals surface area (Å²) in [6, 6.07) is 8.42. The summed E-state index contributed by atoms with van der Waals surface area (Å²) in [5, 5.41) is 0. The molecule has 0 amide bonds. The third kappa shape index (κ3) is 17.7. The van der Waals surface area contributed by atoms with Crippen molar-refractivity contribution in [3.05, 3.63) is 29.8 Å². The van der Waals surface area contributed by atoms with Gasteiger partial charge in [0.1, 0.15) is 19.0 Å². The Morgan fingerprint density at radius 2 is 1.22 bits per heavy atom. The highest BCUT2D eigenvalue weighted by Gasteiger charge is 2.16. The fraction of sp³-hybridized carbons (Fsp3) is 0.767. The third-order valence-corrected chi connectivity index (χ3v) is 6.19. The molecule has 1 aromatic carbocycles. The predicted octanol–water partition coefficient (Wildman–Crippen LogP) is 6.78. The van der Waals surface area contributed by atoms with Crippen LogP contribution in [0.3, 0.4) is 0 Å². The molecule has 0 spiro atoms. The van der Waals surface area contributed by atoms with E-state index < -0.39 is 0 Å². The Morgan fingerprint density at radius 1 is 0.667 bits per heavy atom. The lowest BCUT2D eigenvalue weighted by molar-refractivity contribution is -0.150. The van der Waals surface area contributed by atoms with E-state index in [1.165, 1.54) is 44.1 Å². The van der Waals surface area contributed by atoms with Gasteiger partial charge < -0.3 is 23.7 Å². The molecule has 1 rings (SSSR count). The second-order valence-corrected chi connectivity index (χ2v) is 9.26. The Kier molecular flexibility index (Phi) is 21.4. The van der Waals surface area contributed by atoms with Gasteiger partial charge in [0.05, 0.1) is 45.6 Å². The van der Waals surface area contributed by atoms with Crippen molar-refractivity contribution in [3.63, 3.8) is 0 Å². The number of unbranched alkanes of at least 4 members (excludes halogenated alkanes) is 6. The second kappa shape index (κ2) is 23.7. The zero-order chi connectivity index (χ0) is 26.1. The fourth-order valence-electron chi connectivity index (χ4n) is 3.88. The van der Waals surface area contributed by atoms with E-state index in [2.05, 4.69) is 26.0 Å². The lowest BCUT2D eigenvalue weighted by Crippen LogP contribution is -2.20. The number of hydrogen-bond acceptors (Lipinski definition) is 6. The lowest BCUT2D eigenvalue weighted by atomic mass is 10.00. The maximum atomic E-state index is 12.0. The van der Waals surface area contributed by atoms with Gasteiger partial charge in [0.15, 0.2) is 0 Å². The van der Waals surface area contributed by atoms with Gasteiger partial charge in [-0.15, -0.1) is 0 Å². The number of carbonyl (C=O) groups excluding carboxylic acids is 1. The van der Waals surface area contributed by atoms with Crippen LogP contribution in [0.4, 0.5) is 0 Å². The number of hydrogen-bond donors (Lipinski definition) is 0. The quantitative estimate of drug-likeness (QED) is 0.107. The summed E-state index contributed by atoms with van der Waals surface area (Å²) < 4.78 is 27.6. The Hall–Kier alpha value is -1.63. The monoisotopic (exact) mass is 508 g/mol. The highest BCUT2D eigenvalue weighted by Crippen LogP contribution is 2.15. The Labute approximate surface area is 220 Å². The standard InChI is InChI=1S/C30H52O6/c1-4-7-9-10-11-12-13-27-15-17-29(18-16-27)35-25-23-33-21-19-32-20-22-34-24-26-36-30(31)28(6-3)14-8-5-2/h15-18,28H,4-14,19-26H2,1-3H3. The van der Waals surface area contributed by atoms with E-state index in [1.807, 2.05) is 19.1 Å². The van der Waals surface area contributed by atoms with Crippen LogP contribution in [-0.2, 0) is 30.2 Å². The first-order chi connectivity index (χ1) is 17.7. The minimum absolute atomic E-state index is 0.0129. The molecule has 1 unspecified atom stereocenters. The van der Waals surface area contributed by atoms with Gasteiger partial charge in [-0.2, -0.15) is 0 Å². The Morgan fingerprint density at radius 3 is 1.83 bits per heavy atom. The topological polar surface area (TPSA) is 63.2 Å². The van der Waals surface area contributed by atoms with Crippen molar-refractivity contribution in [3.8, 4) is 5.75 Å². The molecule has 0 aliphatic carbocycles. The van der Waals surface area contributed by atoms with Gasteiger partial charge in [0, 0.05) is 0 Å². The highest BCUT2D eigenvalue weighted by atomic mass is 16.6. The minimum atomic E-state index is -0.104. The molecule has 6 heteroatoms. The van der Waals surface area contributed by atoms with Gasteiger partial charge in [-0.05, 0) is 43.4 Å². The minimum Gasteiger partial charge on any atom is -0.491 e. The van der Waals surface area contributed by atoms with Crippen LogP contribution in [0.2, 0.25) is 0 Å². The van der Waals surface area contributed by atoms with Gasteiger partial charge in [-0.1, -0.05) is 77.8 Å². The molecule has 0 fully saturated rings. The molecule has 208 valence electrons. The number of carbonyl (C=O) groups is 1. The van der Waals surface area contributed by atoms with E-state index in [-0.39, 0.29) is 11.9 Å². The summed E-state index contributed by atoms with van der Waals surface area (Å²) in [4.78, 5) is 12.0. The van der Waals surface area contributed by atoms with Gasteiger partial charge in [0.2, 0.25) is 0 Å². The molecule has 1 atom stereocenters. The average molecular weight is 509 g/mol. The molecule has 0 N–H and O–H groups in total. The van der Waals surface area contributed by atoms with Gasteiger partial charge in [-0.25, -0.2) is 0 Å². The van der Waals surface area contributed by atoms with E-state index in [1.54, 1.807) is 0 Å². The number of aryl methyl sites for hydroxylation is 1. The molecule has 36 heavy (non-hydrogen) atoms. The molecular formula is C30H52O6. The smallest absolute Gasteiger partial charge is 0.308 e. The first-order valence-corrected chi connectivity index (χ1v) is 14.3.